The van der Waals surface area contributed by atoms with Crippen LogP contribution in [0.15, 0.2) is 0 Å². The van der Waals surface area contributed by atoms with Crippen LogP contribution in [-0.4, -0.2) is 63.3 Å². The summed E-state index contributed by atoms with van der Waals surface area (Å²) in [6, 6.07) is 1.02. The molecule has 2 aliphatic heterocycles. The van der Waals surface area contributed by atoms with Crippen molar-refractivity contribution in [1.29, 1.82) is 5.26 Å². The van der Waals surface area contributed by atoms with E-state index in [-0.39, 0.29) is 17.9 Å². The number of nitrogens with zero attached hydrogens (tertiary/aromatic N) is 3. The van der Waals surface area contributed by atoms with Crippen molar-refractivity contribution in [3.8, 4) is 6.07 Å². The highest BCUT2D eigenvalue weighted by Crippen LogP contribution is 2.41. The minimum absolute atomic E-state index is 0.149. The van der Waals surface area contributed by atoms with Crippen LogP contribution in [0.4, 0.5) is 4.79 Å². The first-order valence-electron chi connectivity index (χ1n) is 9.60. The van der Waals surface area contributed by atoms with Crippen LogP contribution < -0.4 is 0 Å². The molecule has 0 unspecified atom stereocenters. The molecule has 3 aliphatic rings. The molecule has 2 heterocycles. The zero-order valence-corrected chi connectivity index (χ0v) is 15.9. The average Bonchev–Trinajstić information content (AvgIpc) is 3.16. The number of hydrogen-bond donors (Lipinski definition) is 1. The molecule has 7 nitrogen and oxygen atoms in total. The van der Waals surface area contributed by atoms with Crippen LogP contribution in [0.5, 0.6) is 0 Å². The van der Waals surface area contributed by atoms with Gasteiger partial charge in [-0.25, -0.2) is 4.79 Å². The third kappa shape index (κ3) is 3.66. The Labute approximate surface area is 154 Å². The summed E-state index contributed by atoms with van der Waals surface area (Å²) in [5.74, 6) is 0.0480. The van der Waals surface area contributed by atoms with E-state index >= 15 is 0 Å². The predicted octanol–water partition coefficient (Wildman–Crippen LogP) is 2.04. The summed E-state index contributed by atoms with van der Waals surface area (Å²) in [4.78, 5) is 29.3. The maximum absolute atomic E-state index is 13.2. The summed E-state index contributed by atoms with van der Waals surface area (Å²) in [6.07, 6.45) is 3.13. The third-order valence-corrected chi connectivity index (χ3v) is 5.72. The van der Waals surface area contributed by atoms with Crippen LogP contribution in [-0.2, 0) is 9.53 Å². The highest BCUT2D eigenvalue weighted by molar-refractivity contribution is 5.87. The van der Waals surface area contributed by atoms with Crippen molar-refractivity contribution < 1.29 is 19.4 Å². The molecule has 2 saturated heterocycles. The second kappa shape index (κ2) is 7.07. The van der Waals surface area contributed by atoms with Crippen molar-refractivity contribution in [2.45, 2.75) is 89.1 Å². The molecule has 0 aromatic rings. The quantitative estimate of drug-likeness (QED) is 0.769. The molecule has 0 aromatic carbocycles. The monoisotopic (exact) mass is 363 g/mol. The fourth-order valence-corrected chi connectivity index (χ4v) is 4.59. The maximum Gasteiger partial charge on any atom is 0.411 e. The molecule has 1 saturated carbocycles. The van der Waals surface area contributed by atoms with Gasteiger partial charge in [-0.2, -0.15) is 5.26 Å². The van der Waals surface area contributed by atoms with Crippen molar-refractivity contribution in [1.82, 2.24) is 9.80 Å². The Morgan fingerprint density at radius 3 is 2.58 bits per heavy atom. The Balaban J connectivity index is 1.85. The molecule has 0 spiro atoms. The second-order valence-electron chi connectivity index (χ2n) is 8.75. The number of carbonyl (C=O) groups is 2. The number of carbonyl (C=O) groups excluding carboxylic acids is 2. The maximum atomic E-state index is 13.2. The van der Waals surface area contributed by atoms with E-state index in [2.05, 4.69) is 6.07 Å². The van der Waals surface area contributed by atoms with E-state index in [0.29, 0.717) is 32.2 Å². The van der Waals surface area contributed by atoms with E-state index in [4.69, 9.17) is 4.74 Å². The molecular weight excluding hydrogens is 334 g/mol. The summed E-state index contributed by atoms with van der Waals surface area (Å²) in [7, 11) is 0. The first-order valence-corrected chi connectivity index (χ1v) is 9.60. The molecular formula is C19H29N3O4. The lowest BCUT2D eigenvalue weighted by Crippen LogP contribution is -2.53. The van der Waals surface area contributed by atoms with Crippen LogP contribution in [0.25, 0.3) is 0 Å². The number of aliphatic hydroxyl groups is 1. The number of ether oxygens (including phenoxy) is 1. The van der Waals surface area contributed by atoms with Crippen LogP contribution in [0.2, 0.25) is 0 Å². The van der Waals surface area contributed by atoms with Gasteiger partial charge in [-0.1, -0.05) is 0 Å². The Hall–Kier alpha value is -1.81. The molecule has 144 valence electrons. The summed E-state index contributed by atoms with van der Waals surface area (Å²) < 4.78 is 5.57. The van der Waals surface area contributed by atoms with Gasteiger partial charge in [0, 0.05) is 12.6 Å². The van der Waals surface area contributed by atoms with Gasteiger partial charge >= 0.3 is 6.09 Å². The third-order valence-electron chi connectivity index (χ3n) is 5.72. The fourth-order valence-electron chi connectivity index (χ4n) is 4.59. The Morgan fingerprint density at radius 2 is 1.92 bits per heavy atom. The van der Waals surface area contributed by atoms with Crippen molar-refractivity contribution in [2.24, 2.45) is 5.92 Å². The molecule has 0 aromatic heterocycles. The first-order chi connectivity index (χ1) is 12.2. The number of amides is 2. The highest BCUT2D eigenvalue weighted by atomic mass is 16.6. The normalized spacial score (nSPS) is 34.3. The summed E-state index contributed by atoms with van der Waals surface area (Å²) >= 11 is 0. The van der Waals surface area contributed by atoms with Gasteiger partial charge in [-0.05, 0) is 65.2 Å². The standard InChI is InChI=1S/C19H29N3O4/c1-19(2,3)26-18(25)22-15-10-14(23)7-6-12(15)9-16(22)17(24)21-8-4-5-13(21)11-20/h12-16,23H,4-10H2,1-3H3/t12-,13+,14-,15-,16+/m1/s1. The number of rotatable bonds is 1. The lowest BCUT2D eigenvalue weighted by atomic mass is 9.83. The molecule has 7 heteroatoms. The molecule has 26 heavy (non-hydrogen) atoms. The molecule has 3 fully saturated rings. The van der Waals surface area contributed by atoms with E-state index in [1.54, 1.807) is 30.6 Å². The van der Waals surface area contributed by atoms with Gasteiger partial charge in [0.05, 0.1) is 12.2 Å². The van der Waals surface area contributed by atoms with E-state index in [0.717, 1.165) is 12.8 Å². The van der Waals surface area contributed by atoms with E-state index < -0.39 is 29.9 Å². The summed E-state index contributed by atoms with van der Waals surface area (Å²) in [5, 5.41) is 19.4. The minimum atomic E-state index is -0.654. The van der Waals surface area contributed by atoms with Crippen LogP contribution in [0.1, 0.15) is 59.3 Å². The topological polar surface area (TPSA) is 93.9 Å². The Kier molecular flexibility index (Phi) is 5.16. The van der Waals surface area contributed by atoms with Crippen LogP contribution >= 0.6 is 0 Å². The van der Waals surface area contributed by atoms with Crippen molar-refractivity contribution in [3.63, 3.8) is 0 Å². The number of nitriles is 1. The lowest BCUT2D eigenvalue weighted by Gasteiger charge is -2.37. The minimum Gasteiger partial charge on any atom is -0.444 e. The number of aliphatic hydroxyl groups excluding tert-OH is 1. The number of hydrogen-bond acceptors (Lipinski definition) is 5. The van der Waals surface area contributed by atoms with Gasteiger partial charge in [0.2, 0.25) is 5.91 Å². The van der Waals surface area contributed by atoms with Crippen molar-refractivity contribution in [3.05, 3.63) is 0 Å². The zero-order valence-electron chi connectivity index (χ0n) is 15.9. The molecule has 3 rings (SSSR count). The predicted molar refractivity (Wildman–Crippen MR) is 94.0 cm³/mol. The summed E-state index contributed by atoms with van der Waals surface area (Å²) in [6.45, 7) is 5.97. The first kappa shape index (κ1) is 19.0. The largest absolute Gasteiger partial charge is 0.444 e. The summed E-state index contributed by atoms with van der Waals surface area (Å²) in [5.41, 5.74) is -0.654. The van der Waals surface area contributed by atoms with Crippen LogP contribution in [0.3, 0.4) is 0 Å². The zero-order chi connectivity index (χ0) is 19.1. The molecule has 1 N–H and O–H groups in total. The fraction of sp³-hybridized carbons (Fsp3) is 0.842. The van der Waals surface area contributed by atoms with E-state index in [9.17, 15) is 20.0 Å². The van der Waals surface area contributed by atoms with Gasteiger partial charge in [0.1, 0.15) is 17.7 Å². The van der Waals surface area contributed by atoms with Gasteiger partial charge in [-0.3, -0.25) is 9.69 Å². The molecule has 0 bridgehead atoms. The SMILES string of the molecule is CC(C)(C)OC(=O)N1[C@@H]2C[C@H](O)CC[C@@H]2C[C@H]1C(=O)N1CCC[C@H]1C#N. The highest BCUT2D eigenvalue weighted by Gasteiger charge is 2.51. The lowest BCUT2D eigenvalue weighted by molar-refractivity contribution is -0.136. The smallest absolute Gasteiger partial charge is 0.411 e. The van der Waals surface area contributed by atoms with Gasteiger partial charge in [0.25, 0.3) is 0 Å². The second-order valence-corrected chi connectivity index (χ2v) is 8.75. The number of likely N-dealkylation sites (tertiary alicyclic amines) is 2. The molecule has 0 radical (unpaired) electrons. The molecule has 5 atom stereocenters. The Morgan fingerprint density at radius 1 is 1.19 bits per heavy atom. The van der Waals surface area contributed by atoms with Gasteiger partial charge in [-0.15, -0.1) is 0 Å². The number of fused-ring (bicyclic) bond motifs is 1. The van der Waals surface area contributed by atoms with Crippen molar-refractivity contribution >= 4 is 12.0 Å². The Bertz CT molecular complexity index is 609. The van der Waals surface area contributed by atoms with E-state index in [1.165, 1.54) is 0 Å². The van der Waals surface area contributed by atoms with E-state index in [1.807, 2.05) is 0 Å². The van der Waals surface area contributed by atoms with Crippen LogP contribution in [0, 0.1) is 17.2 Å². The van der Waals surface area contributed by atoms with Gasteiger partial charge < -0.3 is 14.7 Å². The molecule has 2 amide bonds. The molecule has 1 aliphatic carbocycles. The van der Waals surface area contributed by atoms with Gasteiger partial charge in [0.15, 0.2) is 0 Å². The van der Waals surface area contributed by atoms with Crippen molar-refractivity contribution in [2.75, 3.05) is 6.54 Å². The average molecular weight is 363 g/mol.